The first-order valence-corrected chi connectivity index (χ1v) is 11.4. The van der Waals surface area contributed by atoms with E-state index in [4.69, 9.17) is 9.47 Å². The van der Waals surface area contributed by atoms with Crippen molar-refractivity contribution in [2.45, 2.75) is 16.7 Å². The van der Waals surface area contributed by atoms with E-state index in [-0.39, 0.29) is 15.5 Å². The monoisotopic (exact) mass is 442 g/mol. The number of halogens is 1. The number of aryl methyl sites for hydroxylation is 1. The maximum Gasteiger partial charge on any atom is 0.208 e. The van der Waals surface area contributed by atoms with E-state index in [1.54, 1.807) is 55.6 Å². The van der Waals surface area contributed by atoms with Crippen LogP contribution in [0.3, 0.4) is 0 Å². The van der Waals surface area contributed by atoms with Crippen LogP contribution < -0.4 is 9.47 Å². The third-order valence-corrected chi connectivity index (χ3v) is 8.05. The zero-order valence-electron chi connectivity index (χ0n) is 16.6. The van der Waals surface area contributed by atoms with Crippen molar-refractivity contribution in [2.75, 3.05) is 14.2 Å². The molecule has 7 heteroatoms. The predicted molar refractivity (Wildman–Crippen MR) is 117 cm³/mol. The lowest BCUT2D eigenvalue weighted by Gasteiger charge is -2.09. The fraction of sp³-hybridized carbons (Fsp3) is 0.130. The molecule has 0 saturated carbocycles. The number of rotatable bonds is 5. The first-order chi connectivity index (χ1) is 14.3. The zero-order chi connectivity index (χ0) is 21.5. The lowest BCUT2D eigenvalue weighted by molar-refractivity contribution is 0.387. The van der Waals surface area contributed by atoms with Crippen LogP contribution in [0.1, 0.15) is 5.56 Å². The summed E-state index contributed by atoms with van der Waals surface area (Å²) < 4.78 is 52.5. The Morgan fingerprint density at radius 1 is 0.900 bits per heavy atom. The third kappa shape index (κ3) is 3.44. The molecule has 0 aliphatic rings. The summed E-state index contributed by atoms with van der Waals surface area (Å²) in [4.78, 5) is 0.929. The highest BCUT2D eigenvalue weighted by molar-refractivity contribution is 7.92. The molecule has 0 aliphatic carbocycles. The minimum absolute atomic E-state index is 0.0567. The molecule has 0 aliphatic heterocycles. The second-order valence-electron chi connectivity index (χ2n) is 6.79. The Kier molecular flexibility index (Phi) is 5.26. The van der Waals surface area contributed by atoms with Crippen LogP contribution in [0.2, 0.25) is 0 Å². The average molecular weight is 443 g/mol. The van der Waals surface area contributed by atoms with E-state index in [9.17, 15) is 12.8 Å². The summed E-state index contributed by atoms with van der Waals surface area (Å²) in [6, 6.07) is 16.4. The van der Waals surface area contributed by atoms with Gasteiger partial charge in [0, 0.05) is 10.1 Å². The summed E-state index contributed by atoms with van der Waals surface area (Å²) in [6.07, 6.45) is 0. The van der Waals surface area contributed by atoms with Crippen molar-refractivity contribution in [2.24, 2.45) is 0 Å². The van der Waals surface area contributed by atoms with Crippen molar-refractivity contribution in [1.82, 2.24) is 0 Å². The third-order valence-electron chi connectivity index (χ3n) is 4.86. The molecule has 0 atom stereocenters. The molecule has 154 valence electrons. The van der Waals surface area contributed by atoms with Crippen LogP contribution in [-0.4, -0.2) is 22.6 Å². The molecule has 30 heavy (non-hydrogen) atoms. The fourth-order valence-corrected chi connectivity index (χ4v) is 6.47. The van der Waals surface area contributed by atoms with Crippen LogP contribution in [0, 0.1) is 12.7 Å². The number of sulfone groups is 1. The van der Waals surface area contributed by atoms with Gasteiger partial charge in [-0.25, -0.2) is 12.8 Å². The van der Waals surface area contributed by atoms with Gasteiger partial charge in [-0.3, -0.25) is 0 Å². The maximum absolute atomic E-state index is 14.0. The van der Waals surface area contributed by atoms with Crippen molar-refractivity contribution >= 4 is 31.3 Å². The van der Waals surface area contributed by atoms with Gasteiger partial charge in [-0.15, -0.1) is 11.3 Å². The highest BCUT2D eigenvalue weighted by Gasteiger charge is 2.28. The highest BCUT2D eigenvalue weighted by atomic mass is 32.2. The Morgan fingerprint density at radius 2 is 1.63 bits per heavy atom. The molecule has 3 aromatic carbocycles. The molecule has 4 rings (SSSR count). The topological polar surface area (TPSA) is 52.6 Å². The molecule has 1 aromatic heterocycles. The molecular formula is C23H19FO4S2. The van der Waals surface area contributed by atoms with Gasteiger partial charge in [-0.05, 0) is 55.0 Å². The van der Waals surface area contributed by atoms with Gasteiger partial charge in [0.1, 0.15) is 5.75 Å². The fourth-order valence-electron chi connectivity index (χ4n) is 3.27. The van der Waals surface area contributed by atoms with Gasteiger partial charge in [-0.1, -0.05) is 23.8 Å². The van der Waals surface area contributed by atoms with E-state index < -0.39 is 15.7 Å². The predicted octanol–water partition coefficient (Wildman–Crippen LogP) is 5.87. The van der Waals surface area contributed by atoms with Crippen molar-refractivity contribution in [3.05, 3.63) is 72.0 Å². The van der Waals surface area contributed by atoms with Gasteiger partial charge in [0.2, 0.25) is 9.84 Å². The Balaban J connectivity index is 2.04. The Bertz CT molecular complexity index is 1340. The molecule has 0 unspecified atom stereocenters. The van der Waals surface area contributed by atoms with Crippen LogP contribution in [0.5, 0.6) is 11.5 Å². The van der Waals surface area contributed by atoms with Gasteiger partial charge in [0.15, 0.2) is 11.6 Å². The largest absolute Gasteiger partial charge is 0.497 e. The number of methoxy groups -OCH3 is 2. The van der Waals surface area contributed by atoms with Crippen LogP contribution >= 0.6 is 11.3 Å². The van der Waals surface area contributed by atoms with E-state index in [0.29, 0.717) is 21.6 Å². The van der Waals surface area contributed by atoms with Crippen LogP contribution in [0.4, 0.5) is 4.39 Å². The van der Waals surface area contributed by atoms with Crippen molar-refractivity contribution in [3.8, 4) is 21.9 Å². The number of thiophene rings is 1. The Hall–Kier alpha value is -2.90. The standard InChI is InChI=1S/C23H19FO4S2/c1-14-4-8-17(9-5-14)30(25,26)23-18-10-7-16(27-2)13-21(18)29-22(23)15-6-11-19(24)20(12-15)28-3/h4-13H,1-3H3. The molecule has 0 N–H and O–H groups in total. The van der Waals surface area contributed by atoms with E-state index in [1.165, 1.54) is 30.6 Å². The van der Waals surface area contributed by atoms with Crippen molar-refractivity contribution in [1.29, 1.82) is 0 Å². The summed E-state index contributed by atoms with van der Waals surface area (Å²) in [5.41, 5.74) is 1.54. The zero-order valence-corrected chi connectivity index (χ0v) is 18.2. The van der Waals surface area contributed by atoms with Gasteiger partial charge >= 0.3 is 0 Å². The molecule has 0 fully saturated rings. The van der Waals surface area contributed by atoms with E-state index in [1.807, 2.05) is 6.92 Å². The number of benzene rings is 3. The summed E-state index contributed by atoms with van der Waals surface area (Å²) in [5.74, 6) is 0.180. The highest BCUT2D eigenvalue weighted by Crippen LogP contribution is 2.45. The SMILES string of the molecule is COc1ccc2c(S(=O)(=O)c3ccc(C)cc3)c(-c3ccc(F)c(OC)c3)sc2c1. The van der Waals surface area contributed by atoms with Gasteiger partial charge in [0.05, 0.1) is 28.9 Å². The second-order valence-corrected chi connectivity index (χ2v) is 9.73. The number of hydrogen-bond donors (Lipinski definition) is 0. The van der Waals surface area contributed by atoms with E-state index in [2.05, 4.69) is 0 Å². The lowest BCUT2D eigenvalue weighted by atomic mass is 10.1. The van der Waals surface area contributed by atoms with Gasteiger partial charge in [-0.2, -0.15) is 0 Å². The lowest BCUT2D eigenvalue weighted by Crippen LogP contribution is -2.03. The summed E-state index contributed by atoms with van der Waals surface area (Å²) in [6.45, 7) is 1.90. The van der Waals surface area contributed by atoms with Gasteiger partial charge < -0.3 is 9.47 Å². The first-order valence-electron chi connectivity index (χ1n) is 9.11. The Labute approximate surface area is 178 Å². The molecule has 4 nitrogen and oxygen atoms in total. The molecule has 1 heterocycles. The Morgan fingerprint density at radius 3 is 2.30 bits per heavy atom. The van der Waals surface area contributed by atoms with E-state index in [0.717, 1.165) is 10.3 Å². The van der Waals surface area contributed by atoms with Crippen LogP contribution in [0.15, 0.2) is 70.5 Å². The number of fused-ring (bicyclic) bond motifs is 1. The number of hydrogen-bond acceptors (Lipinski definition) is 5. The molecule has 0 bridgehead atoms. The normalized spacial score (nSPS) is 11.6. The summed E-state index contributed by atoms with van der Waals surface area (Å²) >= 11 is 1.32. The maximum atomic E-state index is 14.0. The molecule has 0 spiro atoms. The molecule has 0 saturated heterocycles. The summed E-state index contributed by atoms with van der Waals surface area (Å²) in [5, 5.41) is 0.597. The molecule has 0 amide bonds. The smallest absolute Gasteiger partial charge is 0.208 e. The van der Waals surface area contributed by atoms with E-state index >= 15 is 0 Å². The van der Waals surface area contributed by atoms with Crippen LogP contribution in [0.25, 0.3) is 20.5 Å². The minimum atomic E-state index is -3.83. The van der Waals surface area contributed by atoms with Crippen LogP contribution in [-0.2, 0) is 9.84 Å². The molecule has 0 radical (unpaired) electrons. The summed E-state index contributed by atoms with van der Waals surface area (Å²) in [7, 11) is -0.895. The number of ether oxygens (including phenoxy) is 2. The van der Waals surface area contributed by atoms with Crippen molar-refractivity contribution in [3.63, 3.8) is 0 Å². The van der Waals surface area contributed by atoms with Gasteiger partial charge in [0.25, 0.3) is 0 Å². The average Bonchev–Trinajstić information content (AvgIpc) is 3.13. The molecule has 4 aromatic rings. The molecular weight excluding hydrogens is 423 g/mol. The van der Waals surface area contributed by atoms with Crippen molar-refractivity contribution < 1.29 is 22.3 Å². The quantitative estimate of drug-likeness (QED) is 0.388. The second kappa shape index (κ2) is 7.74. The first kappa shape index (κ1) is 20.4. The minimum Gasteiger partial charge on any atom is -0.497 e.